The Morgan fingerprint density at radius 1 is 1.50 bits per heavy atom. The fourth-order valence-electron chi connectivity index (χ4n) is 2.42. The molecule has 0 aliphatic carbocycles. The molecule has 0 radical (unpaired) electrons. The maximum absolute atomic E-state index is 12.9. The zero-order chi connectivity index (χ0) is 17.1. The third-order valence-electron chi connectivity index (χ3n) is 3.80. The molecule has 1 amide bonds. The number of hydrogen-bond acceptors (Lipinski definition) is 5. The number of aromatic nitrogens is 1. The number of amides is 1. The molecule has 8 heteroatoms. The summed E-state index contributed by atoms with van der Waals surface area (Å²) in [6.07, 6.45) is 2.97. The maximum atomic E-state index is 12.9. The van der Waals surface area contributed by atoms with Crippen LogP contribution in [0.2, 0.25) is 5.02 Å². The Hall–Kier alpha value is -2.12. The summed E-state index contributed by atoms with van der Waals surface area (Å²) in [6.45, 7) is 5.90. The first kappa shape index (κ1) is 16.7. The summed E-state index contributed by atoms with van der Waals surface area (Å²) in [4.78, 5) is 14.3. The molecular formula is C16H16BClN2O4. The number of ether oxygens (including phenoxy) is 1. The van der Waals surface area contributed by atoms with Gasteiger partial charge in [-0.15, -0.1) is 0 Å². The van der Waals surface area contributed by atoms with Crippen molar-refractivity contribution in [3.05, 3.63) is 41.1 Å². The van der Waals surface area contributed by atoms with Gasteiger partial charge in [0.05, 0.1) is 0 Å². The second-order valence-corrected chi connectivity index (χ2v) is 5.71. The van der Waals surface area contributed by atoms with Crippen LogP contribution >= 0.6 is 11.6 Å². The molecule has 0 bridgehead atoms. The molecule has 0 fully saturated rings. The van der Waals surface area contributed by atoms with E-state index in [2.05, 4.69) is 5.16 Å². The van der Waals surface area contributed by atoms with Crippen molar-refractivity contribution < 1.29 is 18.5 Å². The molecule has 1 atom stereocenters. The van der Waals surface area contributed by atoms with Crippen LogP contribution < -0.4 is 4.90 Å². The van der Waals surface area contributed by atoms with Gasteiger partial charge >= 0.3 is 144 Å². The molecule has 2 heterocycles. The Kier molecular flexibility index (Phi) is 5.01. The van der Waals surface area contributed by atoms with Gasteiger partial charge in [0, 0.05) is 0 Å². The van der Waals surface area contributed by atoms with Crippen molar-refractivity contribution in [3.8, 4) is 0 Å². The average Bonchev–Trinajstić information content (AvgIpc) is 3.24. The van der Waals surface area contributed by atoms with Gasteiger partial charge in [0.25, 0.3) is 0 Å². The van der Waals surface area contributed by atoms with Crippen molar-refractivity contribution in [1.82, 2.24) is 5.16 Å². The van der Waals surface area contributed by atoms with E-state index in [0.717, 1.165) is 10.9 Å². The molecule has 1 aromatic carbocycles. The molecule has 3 aromatic rings. The van der Waals surface area contributed by atoms with E-state index in [0.29, 0.717) is 23.0 Å². The predicted molar refractivity (Wildman–Crippen MR) is 91.5 cm³/mol. The van der Waals surface area contributed by atoms with Gasteiger partial charge in [-0.2, -0.15) is 0 Å². The molecule has 0 aliphatic heterocycles. The molecule has 124 valence electrons. The van der Waals surface area contributed by atoms with E-state index in [-0.39, 0.29) is 12.6 Å². The Labute approximate surface area is 144 Å². The van der Waals surface area contributed by atoms with Gasteiger partial charge in [0.1, 0.15) is 0 Å². The number of hydrogen-bond donors (Lipinski definition) is 0. The van der Waals surface area contributed by atoms with Crippen LogP contribution in [-0.4, -0.2) is 31.3 Å². The van der Waals surface area contributed by atoms with E-state index in [1.807, 2.05) is 32.0 Å². The molecule has 0 saturated heterocycles. The van der Waals surface area contributed by atoms with Crippen molar-refractivity contribution in [2.75, 3.05) is 18.2 Å². The third kappa shape index (κ3) is 3.23. The number of fused-ring (bicyclic) bond motifs is 1. The number of anilines is 1. The third-order valence-corrected chi connectivity index (χ3v) is 4.10. The molecule has 2 aromatic heterocycles. The SMILES string of the molecule is CCOCN(C(=O)C(C)c1ccc2c(Cl)coc2c1)c1bcno1. The number of furan rings is 1. The Morgan fingerprint density at radius 3 is 3.04 bits per heavy atom. The molecule has 0 saturated carbocycles. The van der Waals surface area contributed by atoms with Crippen LogP contribution in [0.25, 0.3) is 11.0 Å². The van der Waals surface area contributed by atoms with Crippen LogP contribution in [0.4, 0.5) is 5.78 Å². The molecular weight excluding hydrogens is 330 g/mol. The molecule has 24 heavy (non-hydrogen) atoms. The van der Waals surface area contributed by atoms with Crippen LogP contribution in [-0.2, 0) is 9.53 Å². The average molecular weight is 347 g/mol. The van der Waals surface area contributed by atoms with E-state index in [1.54, 1.807) is 6.91 Å². The predicted octanol–water partition coefficient (Wildman–Crippen LogP) is 3.54. The van der Waals surface area contributed by atoms with Gasteiger partial charge in [-0.1, -0.05) is 0 Å². The molecule has 6 nitrogen and oxygen atoms in total. The molecule has 0 N–H and O–H groups in total. The van der Waals surface area contributed by atoms with Crippen LogP contribution in [0.5, 0.6) is 0 Å². The number of nitrogens with zero attached hydrogens (tertiary/aromatic N) is 2. The second kappa shape index (κ2) is 7.19. The Morgan fingerprint density at radius 2 is 2.33 bits per heavy atom. The van der Waals surface area contributed by atoms with Gasteiger partial charge in [-0.3, -0.25) is 0 Å². The van der Waals surface area contributed by atoms with Gasteiger partial charge in [0.15, 0.2) is 0 Å². The minimum absolute atomic E-state index is 0.101. The standard InChI is InChI=1S/C16H16BClN2O4/c1-3-22-9-20(16-17-8-19-24-16)15(21)10(2)11-4-5-12-13(18)7-23-14(12)6-11/h4-8,10H,3,9H2,1-2H3. The topological polar surface area (TPSA) is 68.7 Å². The van der Waals surface area contributed by atoms with Gasteiger partial charge in [-0.05, 0) is 0 Å². The van der Waals surface area contributed by atoms with E-state index < -0.39 is 5.92 Å². The summed E-state index contributed by atoms with van der Waals surface area (Å²) in [5.41, 5.74) is 1.47. The van der Waals surface area contributed by atoms with Crippen LogP contribution in [0, 0.1) is 0 Å². The van der Waals surface area contributed by atoms with Gasteiger partial charge in [0.2, 0.25) is 0 Å². The van der Waals surface area contributed by atoms with Gasteiger partial charge < -0.3 is 0 Å². The summed E-state index contributed by atoms with van der Waals surface area (Å²) in [7, 11) is 0. The van der Waals surface area contributed by atoms with Crippen LogP contribution in [0.15, 0.2) is 39.5 Å². The second-order valence-electron chi connectivity index (χ2n) is 5.30. The normalized spacial score (nSPS) is 12.3. The molecule has 0 aliphatic rings. The van der Waals surface area contributed by atoms with E-state index in [1.165, 1.54) is 17.3 Å². The summed E-state index contributed by atoms with van der Waals surface area (Å²) in [6, 6.07) is 5.54. The van der Waals surface area contributed by atoms with Crippen LogP contribution in [0.1, 0.15) is 25.3 Å². The fourth-order valence-corrected chi connectivity index (χ4v) is 2.63. The quantitative estimate of drug-likeness (QED) is 0.639. The van der Waals surface area contributed by atoms with Crippen molar-refractivity contribution in [2.45, 2.75) is 19.8 Å². The number of rotatable bonds is 6. The first-order chi connectivity index (χ1) is 11.6. The number of carbonyl (C=O) groups is 1. The van der Waals surface area contributed by atoms with E-state index in [9.17, 15) is 4.79 Å². The summed E-state index contributed by atoms with van der Waals surface area (Å²) in [5, 5.41) is 5.03. The first-order valence-corrected chi connectivity index (χ1v) is 7.96. The minimum atomic E-state index is -0.413. The summed E-state index contributed by atoms with van der Waals surface area (Å²) < 4.78 is 15.9. The first-order valence-electron chi connectivity index (χ1n) is 7.58. The fraction of sp³-hybridized carbons (Fsp3) is 0.312. The Balaban J connectivity index is 1.87. The number of halogens is 1. The Bertz CT molecular complexity index is 834. The summed E-state index contributed by atoms with van der Waals surface area (Å²) >= 11 is 6.04. The monoisotopic (exact) mass is 346 g/mol. The zero-order valence-electron chi connectivity index (χ0n) is 13.4. The number of carbonyl (C=O) groups excluding carboxylic acids is 1. The zero-order valence-corrected chi connectivity index (χ0v) is 14.1. The molecule has 1 unspecified atom stereocenters. The van der Waals surface area contributed by atoms with Crippen LogP contribution in [0.3, 0.4) is 0 Å². The molecule has 0 spiro atoms. The van der Waals surface area contributed by atoms with E-state index in [4.69, 9.17) is 25.3 Å². The summed E-state index contributed by atoms with van der Waals surface area (Å²) in [5.74, 6) is -0.219. The van der Waals surface area contributed by atoms with Gasteiger partial charge in [-0.25, -0.2) is 0 Å². The number of benzene rings is 1. The van der Waals surface area contributed by atoms with Crippen molar-refractivity contribution in [1.29, 1.82) is 0 Å². The van der Waals surface area contributed by atoms with Crippen molar-refractivity contribution >= 4 is 41.2 Å². The van der Waals surface area contributed by atoms with Crippen molar-refractivity contribution in [3.63, 3.8) is 0 Å². The van der Waals surface area contributed by atoms with Crippen molar-refractivity contribution in [2.24, 2.45) is 0 Å². The molecule has 3 rings (SSSR count). The van der Waals surface area contributed by atoms with E-state index >= 15 is 0 Å².